The van der Waals surface area contributed by atoms with Gasteiger partial charge in [0.05, 0.1) is 6.61 Å². The van der Waals surface area contributed by atoms with Crippen LogP contribution in [0.1, 0.15) is 25.7 Å². The molecule has 4 rings (SSSR count). The molecule has 6 heteroatoms. The SMILES string of the molecule is CC1(C)OC[C@]2(OCC3OC(c4ccccc4)OC3C2O)O1. The summed E-state index contributed by atoms with van der Waals surface area (Å²) in [6.07, 6.45) is -2.30. The summed E-state index contributed by atoms with van der Waals surface area (Å²) < 4.78 is 28.9. The molecule has 3 aliphatic rings. The molecule has 0 aromatic heterocycles. The van der Waals surface area contributed by atoms with E-state index in [-0.39, 0.29) is 12.7 Å². The van der Waals surface area contributed by atoms with Crippen LogP contribution in [0, 0.1) is 0 Å². The largest absolute Gasteiger partial charge is 0.385 e. The van der Waals surface area contributed by atoms with Crippen LogP contribution in [-0.2, 0) is 23.7 Å². The highest BCUT2D eigenvalue weighted by Gasteiger charge is 2.61. The Bertz CT molecular complexity index is 547. The third-order valence-corrected chi connectivity index (χ3v) is 4.31. The molecular weight excluding hydrogens is 288 g/mol. The lowest BCUT2D eigenvalue weighted by Gasteiger charge is -2.41. The number of aliphatic hydroxyl groups excluding tert-OH is 1. The van der Waals surface area contributed by atoms with Crippen LogP contribution in [0.25, 0.3) is 0 Å². The fourth-order valence-corrected chi connectivity index (χ4v) is 3.20. The van der Waals surface area contributed by atoms with E-state index in [2.05, 4.69) is 0 Å². The minimum absolute atomic E-state index is 0.170. The van der Waals surface area contributed by atoms with Crippen molar-refractivity contribution in [3.63, 3.8) is 0 Å². The summed E-state index contributed by atoms with van der Waals surface area (Å²) in [6.45, 7) is 4.06. The lowest BCUT2D eigenvalue weighted by molar-refractivity contribution is -0.326. The van der Waals surface area contributed by atoms with Crippen molar-refractivity contribution in [2.24, 2.45) is 0 Å². The van der Waals surface area contributed by atoms with Gasteiger partial charge in [-0.05, 0) is 13.8 Å². The zero-order valence-corrected chi connectivity index (χ0v) is 12.6. The molecule has 4 unspecified atom stereocenters. The maximum atomic E-state index is 10.7. The summed E-state index contributed by atoms with van der Waals surface area (Å²) >= 11 is 0. The fraction of sp³-hybridized carbons (Fsp3) is 0.625. The van der Waals surface area contributed by atoms with E-state index in [0.29, 0.717) is 6.61 Å². The number of ether oxygens (including phenoxy) is 5. The predicted octanol–water partition coefficient (Wildman–Crippen LogP) is 1.34. The van der Waals surface area contributed by atoms with Gasteiger partial charge in [0.2, 0.25) is 5.79 Å². The van der Waals surface area contributed by atoms with Crippen LogP contribution in [0.15, 0.2) is 30.3 Å². The molecule has 3 heterocycles. The topological polar surface area (TPSA) is 66.4 Å². The van der Waals surface area contributed by atoms with Crippen LogP contribution >= 0.6 is 0 Å². The van der Waals surface area contributed by atoms with E-state index in [4.69, 9.17) is 23.7 Å². The van der Waals surface area contributed by atoms with Crippen LogP contribution in [0.3, 0.4) is 0 Å². The standard InChI is InChI=1S/C16H20O6/c1-15(2)19-9-16(22-15)13(17)12-11(8-18-16)20-14(21-12)10-6-4-3-5-7-10/h3-7,11-14,17H,8-9H2,1-2H3/t11?,12?,13?,14?,16-/m0/s1. The monoisotopic (exact) mass is 308 g/mol. The Kier molecular flexibility index (Phi) is 3.30. The molecule has 1 aromatic carbocycles. The van der Waals surface area contributed by atoms with Gasteiger partial charge in [-0.3, -0.25) is 0 Å². The molecule has 120 valence electrons. The first kappa shape index (κ1) is 14.6. The van der Waals surface area contributed by atoms with Gasteiger partial charge in [-0.2, -0.15) is 0 Å². The van der Waals surface area contributed by atoms with E-state index in [9.17, 15) is 5.11 Å². The van der Waals surface area contributed by atoms with Crippen molar-refractivity contribution < 1.29 is 28.8 Å². The summed E-state index contributed by atoms with van der Waals surface area (Å²) in [6, 6.07) is 9.65. The van der Waals surface area contributed by atoms with Crippen LogP contribution < -0.4 is 0 Å². The second-order valence-corrected chi connectivity index (χ2v) is 6.38. The Balaban J connectivity index is 1.54. The normalized spacial score (nSPS) is 43.4. The Labute approximate surface area is 128 Å². The van der Waals surface area contributed by atoms with Gasteiger partial charge in [0.25, 0.3) is 0 Å². The lowest BCUT2D eigenvalue weighted by atomic mass is 9.97. The highest BCUT2D eigenvalue weighted by Crippen LogP contribution is 2.44. The van der Waals surface area contributed by atoms with Crippen molar-refractivity contribution in [2.75, 3.05) is 13.2 Å². The molecule has 5 atom stereocenters. The Morgan fingerprint density at radius 2 is 1.86 bits per heavy atom. The summed E-state index contributed by atoms with van der Waals surface area (Å²) in [5, 5.41) is 10.7. The maximum absolute atomic E-state index is 10.7. The molecule has 3 fully saturated rings. The molecule has 0 amide bonds. The van der Waals surface area contributed by atoms with Gasteiger partial charge in [-0.15, -0.1) is 0 Å². The van der Waals surface area contributed by atoms with Crippen LogP contribution in [0.2, 0.25) is 0 Å². The molecule has 0 bridgehead atoms. The van der Waals surface area contributed by atoms with Crippen molar-refractivity contribution in [1.82, 2.24) is 0 Å². The number of fused-ring (bicyclic) bond motifs is 1. The van der Waals surface area contributed by atoms with E-state index >= 15 is 0 Å². The Morgan fingerprint density at radius 3 is 2.55 bits per heavy atom. The van der Waals surface area contributed by atoms with Gasteiger partial charge in [0.1, 0.15) is 24.9 Å². The number of aliphatic hydroxyl groups is 1. The Hall–Kier alpha value is -1.02. The van der Waals surface area contributed by atoms with E-state index in [1.165, 1.54) is 0 Å². The molecule has 22 heavy (non-hydrogen) atoms. The summed E-state index contributed by atoms with van der Waals surface area (Å²) in [7, 11) is 0. The number of rotatable bonds is 1. The smallest absolute Gasteiger partial charge is 0.224 e. The molecule has 0 saturated carbocycles. The van der Waals surface area contributed by atoms with Crippen LogP contribution in [0.5, 0.6) is 0 Å². The van der Waals surface area contributed by atoms with E-state index in [1.54, 1.807) is 13.8 Å². The fourth-order valence-electron chi connectivity index (χ4n) is 3.20. The average Bonchev–Trinajstić information content (AvgIpc) is 3.07. The Morgan fingerprint density at radius 1 is 1.09 bits per heavy atom. The summed E-state index contributed by atoms with van der Waals surface area (Å²) in [5.41, 5.74) is 0.919. The minimum atomic E-state index is -1.18. The molecular formula is C16H20O6. The first-order valence-corrected chi connectivity index (χ1v) is 7.51. The molecule has 0 aliphatic carbocycles. The number of benzene rings is 1. The molecule has 1 N–H and O–H groups in total. The zero-order chi connectivity index (χ0) is 15.4. The van der Waals surface area contributed by atoms with E-state index in [0.717, 1.165) is 5.56 Å². The van der Waals surface area contributed by atoms with Gasteiger partial charge in [0, 0.05) is 5.56 Å². The second-order valence-electron chi connectivity index (χ2n) is 6.38. The van der Waals surface area contributed by atoms with Gasteiger partial charge in [0.15, 0.2) is 12.1 Å². The molecule has 0 radical (unpaired) electrons. The molecule has 3 aliphatic heterocycles. The number of hydrogen-bond donors (Lipinski definition) is 1. The van der Waals surface area contributed by atoms with Crippen molar-refractivity contribution in [2.45, 2.75) is 50.0 Å². The van der Waals surface area contributed by atoms with Gasteiger partial charge >= 0.3 is 0 Å². The minimum Gasteiger partial charge on any atom is -0.385 e. The average molecular weight is 308 g/mol. The highest BCUT2D eigenvalue weighted by molar-refractivity contribution is 5.17. The molecule has 3 saturated heterocycles. The highest BCUT2D eigenvalue weighted by atomic mass is 16.9. The van der Waals surface area contributed by atoms with E-state index in [1.807, 2.05) is 30.3 Å². The van der Waals surface area contributed by atoms with Gasteiger partial charge in [-0.25, -0.2) is 0 Å². The first-order chi connectivity index (χ1) is 10.5. The molecule has 6 nitrogen and oxygen atoms in total. The summed E-state index contributed by atoms with van der Waals surface area (Å²) in [5.74, 6) is -1.97. The first-order valence-electron chi connectivity index (χ1n) is 7.51. The zero-order valence-electron chi connectivity index (χ0n) is 12.6. The van der Waals surface area contributed by atoms with Crippen LogP contribution in [0.4, 0.5) is 0 Å². The van der Waals surface area contributed by atoms with Crippen molar-refractivity contribution in [3.8, 4) is 0 Å². The predicted molar refractivity (Wildman–Crippen MR) is 74.7 cm³/mol. The number of hydrogen-bond acceptors (Lipinski definition) is 6. The van der Waals surface area contributed by atoms with E-state index < -0.39 is 30.1 Å². The maximum Gasteiger partial charge on any atom is 0.224 e. The third kappa shape index (κ3) is 2.27. The van der Waals surface area contributed by atoms with Crippen molar-refractivity contribution in [1.29, 1.82) is 0 Å². The van der Waals surface area contributed by atoms with Gasteiger partial charge < -0.3 is 28.8 Å². The van der Waals surface area contributed by atoms with Gasteiger partial charge in [-0.1, -0.05) is 30.3 Å². The van der Waals surface area contributed by atoms with Crippen molar-refractivity contribution >= 4 is 0 Å². The second kappa shape index (κ2) is 4.99. The molecule has 1 aromatic rings. The quantitative estimate of drug-likeness (QED) is 0.844. The van der Waals surface area contributed by atoms with Crippen molar-refractivity contribution in [3.05, 3.63) is 35.9 Å². The lowest BCUT2D eigenvalue weighted by Crippen LogP contribution is -2.61. The summed E-state index contributed by atoms with van der Waals surface area (Å²) in [4.78, 5) is 0. The third-order valence-electron chi connectivity index (χ3n) is 4.31. The molecule has 1 spiro atoms. The van der Waals surface area contributed by atoms with Crippen LogP contribution in [-0.4, -0.2) is 48.2 Å².